The van der Waals surface area contributed by atoms with Crippen molar-refractivity contribution in [3.05, 3.63) is 0 Å². The highest BCUT2D eigenvalue weighted by molar-refractivity contribution is 6.24. The highest BCUT2D eigenvalue weighted by atomic mass is 35.5. The van der Waals surface area contributed by atoms with Crippen molar-refractivity contribution in [1.82, 2.24) is 0 Å². The van der Waals surface area contributed by atoms with Crippen molar-refractivity contribution in [2.45, 2.75) is 53.4 Å². The van der Waals surface area contributed by atoms with Crippen molar-refractivity contribution in [2.24, 2.45) is 0 Å². The number of hydrogen-bond acceptors (Lipinski definition) is 7. The molecule has 2 heterocycles. The standard InChI is InChI=1S/C12H18Cl4O7/c13-1-4-7(16)10(20)12(3-14,22-4)23-11-9(19)8(18)6(15)5(2-17)21-11/h4-11,17-20H,1-3H2/t4-,5-,6+,7+,8+,9-,10-,11+,12-/m1/s1. The number of halogens is 4. The Labute approximate surface area is 152 Å². The molecule has 0 aliphatic carbocycles. The number of alkyl halides is 4. The van der Waals surface area contributed by atoms with E-state index < -0.39 is 60.0 Å². The van der Waals surface area contributed by atoms with Crippen LogP contribution in [0.3, 0.4) is 0 Å². The Morgan fingerprint density at radius 2 is 1.65 bits per heavy atom. The SMILES string of the molecule is OC[C@H]1O[C@@H](O[C@@]2(CCl)O[C@H](CCl)[C@H](Cl)[C@H]2O)[C@H](O)[C@@H](O)[C@H]1Cl. The van der Waals surface area contributed by atoms with Gasteiger partial charge in [0, 0.05) is 0 Å². The second kappa shape index (κ2) is 8.05. The molecule has 0 saturated carbocycles. The number of hydrogen-bond donors (Lipinski definition) is 4. The molecule has 0 bridgehead atoms. The Hall–Kier alpha value is 0.880. The van der Waals surface area contributed by atoms with E-state index in [1.54, 1.807) is 0 Å². The third-order valence-corrected chi connectivity index (χ3v) is 5.65. The van der Waals surface area contributed by atoms with Crippen molar-refractivity contribution < 1.29 is 34.6 Å². The number of ether oxygens (including phenoxy) is 3. The Morgan fingerprint density at radius 3 is 2.13 bits per heavy atom. The molecule has 0 spiro atoms. The quantitative estimate of drug-likeness (QED) is 0.452. The number of rotatable bonds is 5. The molecule has 2 aliphatic rings. The molecule has 23 heavy (non-hydrogen) atoms. The molecule has 0 unspecified atom stereocenters. The summed E-state index contributed by atoms with van der Waals surface area (Å²) in [6.45, 7) is -0.502. The van der Waals surface area contributed by atoms with Crippen LogP contribution in [0.25, 0.3) is 0 Å². The van der Waals surface area contributed by atoms with Crippen molar-refractivity contribution in [3.63, 3.8) is 0 Å². The van der Waals surface area contributed by atoms with Gasteiger partial charge in [-0.2, -0.15) is 0 Å². The molecule has 136 valence electrons. The van der Waals surface area contributed by atoms with Crippen LogP contribution in [-0.2, 0) is 14.2 Å². The summed E-state index contributed by atoms with van der Waals surface area (Å²) in [5.41, 5.74) is 0. The number of aliphatic hydroxyl groups excluding tert-OH is 4. The molecule has 0 aromatic heterocycles. The summed E-state index contributed by atoms with van der Waals surface area (Å²) >= 11 is 23.5. The Kier molecular flexibility index (Phi) is 7.07. The highest BCUT2D eigenvalue weighted by Crippen LogP contribution is 2.39. The minimum atomic E-state index is -1.78. The van der Waals surface area contributed by atoms with Gasteiger partial charge in [0.2, 0.25) is 5.79 Å². The normalized spacial score (nSPS) is 51.1. The first-order valence-electron chi connectivity index (χ1n) is 6.87. The first-order chi connectivity index (χ1) is 10.8. The molecule has 0 amide bonds. The summed E-state index contributed by atoms with van der Waals surface area (Å²) in [5.74, 6) is -2.12. The van der Waals surface area contributed by atoms with Crippen LogP contribution in [0.15, 0.2) is 0 Å². The zero-order valence-electron chi connectivity index (χ0n) is 11.8. The maximum atomic E-state index is 10.3. The molecule has 2 rings (SSSR count). The Bertz CT molecular complexity index is 404. The maximum absolute atomic E-state index is 10.3. The molecular formula is C12H18Cl4O7. The monoisotopic (exact) mass is 414 g/mol. The minimum Gasteiger partial charge on any atom is -0.394 e. The lowest BCUT2D eigenvalue weighted by Gasteiger charge is -2.43. The van der Waals surface area contributed by atoms with Gasteiger partial charge in [0.05, 0.1) is 35.2 Å². The summed E-state index contributed by atoms with van der Waals surface area (Å²) in [4.78, 5) is 0. The van der Waals surface area contributed by atoms with Gasteiger partial charge in [-0.1, -0.05) is 0 Å². The second-order valence-corrected chi connectivity index (χ2v) is 7.00. The van der Waals surface area contributed by atoms with Gasteiger partial charge in [-0.05, 0) is 0 Å². The summed E-state index contributed by atoms with van der Waals surface area (Å²) in [6.07, 6.45) is -7.47. The van der Waals surface area contributed by atoms with E-state index in [1.165, 1.54) is 0 Å². The van der Waals surface area contributed by atoms with E-state index in [4.69, 9.17) is 60.6 Å². The largest absolute Gasteiger partial charge is 0.394 e. The van der Waals surface area contributed by atoms with E-state index in [2.05, 4.69) is 0 Å². The van der Waals surface area contributed by atoms with Crippen LogP contribution in [0.4, 0.5) is 0 Å². The van der Waals surface area contributed by atoms with Gasteiger partial charge in [0.1, 0.15) is 24.4 Å². The van der Waals surface area contributed by atoms with Crippen LogP contribution in [0.1, 0.15) is 0 Å². The molecule has 2 saturated heterocycles. The first-order valence-corrected chi connectivity index (χ1v) is 8.81. The first kappa shape index (κ1) is 20.2. The molecule has 0 radical (unpaired) electrons. The average molecular weight is 416 g/mol. The van der Waals surface area contributed by atoms with Crippen LogP contribution in [0.5, 0.6) is 0 Å². The van der Waals surface area contributed by atoms with Crippen molar-refractivity contribution in [1.29, 1.82) is 0 Å². The molecule has 0 aromatic carbocycles. The van der Waals surface area contributed by atoms with Crippen LogP contribution >= 0.6 is 46.4 Å². The molecular weight excluding hydrogens is 398 g/mol. The Balaban J connectivity index is 2.18. The molecule has 2 fully saturated rings. The lowest BCUT2D eigenvalue weighted by molar-refractivity contribution is -0.357. The van der Waals surface area contributed by atoms with Crippen LogP contribution in [0, 0.1) is 0 Å². The lowest BCUT2D eigenvalue weighted by atomic mass is 10.0. The molecule has 4 N–H and O–H groups in total. The Morgan fingerprint density at radius 1 is 1.00 bits per heavy atom. The van der Waals surface area contributed by atoms with E-state index in [9.17, 15) is 20.4 Å². The van der Waals surface area contributed by atoms with Crippen LogP contribution < -0.4 is 0 Å². The molecule has 11 heteroatoms. The maximum Gasteiger partial charge on any atom is 0.213 e. The van der Waals surface area contributed by atoms with E-state index in [-0.39, 0.29) is 11.8 Å². The van der Waals surface area contributed by atoms with Crippen molar-refractivity contribution >= 4 is 46.4 Å². The van der Waals surface area contributed by atoms with Gasteiger partial charge in [0.15, 0.2) is 6.29 Å². The summed E-state index contributed by atoms with van der Waals surface area (Å²) in [6, 6.07) is 0. The fraction of sp³-hybridized carbons (Fsp3) is 1.00. The van der Waals surface area contributed by atoms with Crippen LogP contribution in [0.2, 0.25) is 0 Å². The van der Waals surface area contributed by atoms with Crippen molar-refractivity contribution in [2.75, 3.05) is 18.4 Å². The minimum absolute atomic E-state index is 0.00700. The predicted octanol–water partition coefficient (Wildman–Crippen LogP) is -0.410. The lowest BCUT2D eigenvalue weighted by Crippen LogP contribution is -2.61. The predicted molar refractivity (Wildman–Crippen MR) is 83.2 cm³/mol. The molecule has 2 aliphatic heterocycles. The third kappa shape index (κ3) is 3.71. The molecule has 9 atom stereocenters. The summed E-state index contributed by atoms with van der Waals surface area (Å²) < 4.78 is 16.4. The van der Waals surface area contributed by atoms with Gasteiger partial charge in [0.25, 0.3) is 0 Å². The molecule has 0 aromatic rings. The van der Waals surface area contributed by atoms with Gasteiger partial charge in [-0.25, -0.2) is 0 Å². The zero-order chi connectivity index (χ0) is 17.4. The van der Waals surface area contributed by atoms with Gasteiger partial charge < -0.3 is 34.6 Å². The average Bonchev–Trinajstić information content (AvgIpc) is 2.80. The van der Waals surface area contributed by atoms with Gasteiger partial charge >= 0.3 is 0 Å². The van der Waals surface area contributed by atoms with Crippen molar-refractivity contribution in [3.8, 4) is 0 Å². The second-order valence-electron chi connectivity index (χ2n) is 5.41. The zero-order valence-corrected chi connectivity index (χ0v) is 14.8. The van der Waals surface area contributed by atoms with E-state index >= 15 is 0 Å². The van der Waals surface area contributed by atoms with Gasteiger partial charge in [-0.15, -0.1) is 46.4 Å². The smallest absolute Gasteiger partial charge is 0.213 e. The summed E-state index contributed by atoms with van der Waals surface area (Å²) in [7, 11) is 0. The highest BCUT2D eigenvalue weighted by Gasteiger charge is 2.57. The topological polar surface area (TPSA) is 109 Å². The van der Waals surface area contributed by atoms with Crippen LogP contribution in [-0.4, -0.2) is 92.1 Å². The fourth-order valence-electron chi connectivity index (χ4n) is 2.53. The van der Waals surface area contributed by atoms with E-state index in [0.717, 1.165) is 0 Å². The fourth-order valence-corrected chi connectivity index (χ4v) is 3.78. The molecule has 7 nitrogen and oxygen atoms in total. The summed E-state index contributed by atoms with van der Waals surface area (Å²) in [5, 5.41) is 37.6. The third-order valence-electron chi connectivity index (χ3n) is 3.91. The number of aliphatic hydroxyl groups is 4. The van der Waals surface area contributed by atoms with E-state index in [0.29, 0.717) is 0 Å². The van der Waals surface area contributed by atoms with E-state index in [1.807, 2.05) is 0 Å². The van der Waals surface area contributed by atoms with Gasteiger partial charge in [-0.3, -0.25) is 0 Å².